The third kappa shape index (κ3) is 3.17. The Morgan fingerprint density at radius 3 is 2.15 bits per heavy atom. The van der Waals surface area contributed by atoms with Crippen molar-refractivity contribution in [2.45, 2.75) is 0 Å². The monoisotopic (exact) mass is 358 g/mol. The van der Waals surface area contributed by atoms with Crippen molar-refractivity contribution in [1.29, 1.82) is 0 Å². The van der Waals surface area contributed by atoms with Crippen LogP contribution in [0.3, 0.4) is 0 Å². The van der Waals surface area contributed by atoms with E-state index in [9.17, 15) is 4.79 Å². The van der Waals surface area contributed by atoms with Crippen LogP contribution in [0.1, 0.15) is 15.9 Å². The molecule has 0 saturated carbocycles. The SMILES string of the molecule is O=C(N/N=C/c1c2ccccc2cc2ccccc12)c1cccc(Cl)c1. The highest BCUT2D eigenvalue weighted by Crippen LogP contribution is 2.27. The van der Waals surface area contributed by atoms with Gasteiger partial charge in [0.05, 0.1) is 6.21 Å². The van der Waals surface area contributed by atoms with E-state index in [2.05, 4.69) is 40.9 Å². The number of nitrogens with zero attached hydrogens (tertiary/aromatic N) is 1. The number of hydrogen-bond acceptors (Lipinski definition) is 2. The minimum atomic E-state index is -0.298. The molecule has 0 bridgehead atoms. The van der Waals surface area contributed by atoms with Crippen molar-refractivity contribution in [2.24, 2.45) is 5.10 Å². The molecule has 1 N–H and O–H groups in total. The van der Waals surface area contributed by atoms with E-state index in [-0.39, 0.29) is 5.91 Å². The number of fused-ring (bicyclic) bond motifs is 2. The van der Waals surface area contributed by atoms with E-state index in [4.69, 9.17) is 11.6 Å². The lowest BCUT2D eigenvalue weighted by Crippen LogP contribution is -2.17. The van der Waals surface area contributed by atoms with Gasteiger partial charge in [0.15, 0.2) is 0 Å². The first-order valence-corrected chi connectivity index (χ1v) is 8.59. The van der Waals surface area contributed by atoms with Gasteiger partial charge in [-0.1, -0.05) is 66.2 Å². The molecular formula is C22H15ClN2O. The van der Waals surface area contributed by atoms with Crippen LogP contribution in [0.25, 0.3) is 21.5 Å². The molecule has 126 valence electrons. The smallest absolute Gasteiger partial charge is 0.267 e. The Bertz CT molecular complexity index is 1100. The zero-order valence-electron chi connectivity index (χ0n) is 13.8. The van der Waals surface area contributed by atoms with Crippen molar-refractivity contribution >= 4 is 45.3 Å². The van der Waals surface area contributed by atoms with Gasteiger partial charge in [0, 0.05) is 16.1 Å². The lowest BCUT2D eigenvalue weighted by Gasteiger charge is -2.08. The Hall–Kier alpha value is -3.17. The number of nitrogens with one attached hydrogen (secondary N) is 1. The molecule has 0 aromatic heterocycles. The highest BCUT2D eigenvalue weighted by atomic mass is 35.5. The number of carbonyl (C=O) groups excluding carboxylic acids is 1. The fourth-order valence-electron chi connectivity index (χ4n) is 3.04. The second-order valence-corrected chi connectivity index (χ2v) is 6.38. The number of rotatable bonds is 3. The number of benzene rings is 4. The fraction of sp³-hybridized carbons (Fsp3) is 0. The summed E-state index contributed by atoms with van der Waals surface area (Å²) < 4.78 is 0. The molecule has 0 aliphatic rings. The molecule has 0 fully saturated rings. The molecule has 4 heteroatoms. The zero-order chi connectivity index (χ0) is 17.9. The van der Waals surface area contributed by atoms with Crippen molar-refractivity contribution in [3.63, 3.8) is 0 Å². The molecule has 0 aliphatic heterocycles. The lowest BCUT2D eigenvalue weighted by molar-refractivity contribution is 0.0955. The molecular weight excluding hydrogens is 344 g/mol. The van der Waals surface area contributed by atoms with Gasteiger partial charge < -0.3 is 0 Å². The van der Waals surface area contributed by atoms with Gasteiger partial charge in [0.25, 0.3) is 5.91 Å². The quantitative estimate of drug-likeness (QED) is 0.297. The van der Waals surface area contributed by atoms with E-state index < -0.39 is 0 Å². The molecule has 1 amide bonds. The highest BCUT2D eigenvalue weighted by molar-refractivity contribution is 6.31. The van der Waals surface area contributed by atoms with E-state index in [0.717, 1.165) is 27.1 Å². The van der Waals surface area contributed by atoms with Crippen molar-refractivity contribution < 1.29 is 4.79 Å². The van der Waals surface area contributed by atoms with Crippen LogP contribution in [0, 0.1) is 0 Å². The van der Waals surface area contributed by atoms with Crippen LogP contribution in [0.5, 0.6) is 0 Å². The zero-order valence-corrected chi connectivity index (χ0v) is 14.6. The summed E-state index contributed by atoms with van der Waals surface area (Å²) >= 11 is 5.93. The molecule has 0 spiro atoms. The van der Waals surface area contributed by atoms with E-state index in [1.807, 2.05) is 24.3 Å². The summed E-state index contributed by atoms with van der Waals surface area (Å²) in [5, 5.41) is 9.14. The maximum absolute atomic E-state index is 12.2. The number of hydrogen-bond donors (Lipinski definition) is 1. The second kappa shape index (κ2) is 6.98. The average Bonchev–Trinajstić information content (AvgIpc) is 2.67. The minimum absolute atomic E-state index is 0.298. The topological polar surface area (TPSA) is 41.5 Å². The third-order valence-corrected chi connectivity index (χ3v) is 4.49. The third-order valence-electron chi connectivity index (χ3n) is 4.26. The summed E-state index contributed by atoms with van der Waals surface area (Å²) in [6.45, 7) is 0. The molecule has 0 saturated heterocycles. The van der Waals surface area contributed by atoms with Gasteiger partial charge in [-0.2, -0.15) is 5.10 Å². The molecule has 4 aromatic carbocycles. The molecule has 0 heterocycles. The van der Waals surface area contributed by atoms with Crippen LogP contribution in [0.15, 0.2) is 84.0 Å². The molecule has 0 aliphatic carbocycles. The second-order valence-electron chi connectivity index (χ2n) is 5.94. The van der Waals surface area contributed by atoms with Gasteiger partial charge in [-0.15, -0.1) is 0 Å². The Kier molecular flexibility index (Phi) is 4.38. The summed E-state index contributed by atoms with van der Waals surface area (Å²) in [5.41, 5.74) is 4.02. The highest BCUT2D eigenvalue weighted by Gasteiger charge is 2.07. The van der Waals surface area contributed by atoms with Crippen LogP contribution in [-0.2, 0) is 0 Å². The number of hydrazone groups is 1. The van der Waals surface area contributed by atoms with Crippen molar-refractivity contribution in [3.05, 3.63) is 95.0 Å². The lowest BCUT2D eigenvalue weighted by atomic mass is 9.97. The first kappa shape index (κ1) is 16.3. The largest absolute Gasteiger partial charge is 0.271 e. The first-order chi connectivity index (χ1) is 12.7. The molecule has 26 heavy (non-hydrogen) atoms. The van der Waals surface area contributed by atoms with E-state index in [1.54, 1.807) is 30.5 Å². The van der Waals surface area contributed by atoms with E-state index in [0.29, 0.717) is 10.6 Å². The standard InChI is InChI=1S/C22H15ClN2O/c23-18-9-5-8-17(13-18)22(26)25-24-14-21-19-10-3-1-6-15(19)12-16-7-2-4-11-20(16)21/h1-14H,(H,25,26)/b24-14+. The number of amides is 1. The number of carbonyl (C=O) groups is 1. The maximum Gasteiger partial charge on any atom is 0.271 e. The fourth-order valence-corrected chi connectivity index (χ4v) is 3.23. The Balaban J connectivity index is 1.71. The molecule has 0 atom stereocenters. The van der Waals surface area contributed by atoms with Crippen molar-refractivity contribution in [3.8, 4) is 0 Å². The molecule has 4 rings (SSSR count). The van der Waals surface area contributed by atoms with Gasteiger partial charge in [0.2, 0.25) is 0 Å². The number of halogens is 1. The predicted octanol–water partition coefficient (Wildman–Crippen LogP) is 5.41. The predicted molar refractivity (Wildman–Crippen MR) is 108 cm³/mol. The minimum Gasteiger partial charge on any atom is -0.267 e. The van der Waals surface area contributed by atoms with Crippen LogP contribution in [-0.4, -0.2) is 12.1 Å². The van der Waals surface area contributed by atoms with Crippen LogP contribution >= 0.6 is 11.6 Å². The molecule has 4 aromatic rings. The maximum atomic E-state index is 12.2. The van der Waals surface area contributed by atoms with E-state index >= 15 is 0 Å². The van der Waals surface area contributed by atoms with Gasteiger partial charge in [0.1, 0.15) is 0 Å². The van der Waals surface area contributed by atoms with Gasteiger partial charge in [-0.25, -0.2) is 5.43 Å². The van der Waals surface area contributed by atoms with Crippen molar-refractivity contribution in [1.82, 2.24) is 5.43 Å². The Morgan fingerprint density at radius 1 is 0.846 bits per heavy atom. The van der Waals surface area contributed by atoms with Crippen LogP contribution in [0.4, 0.5) is 0 Å². The Labute approximate surface area is 155 Å². The summed E-state index contributed by atoms with van der Waals surface area (Å²) in [6, 6.07) is 25.2. The molecule has 0 unspecified atom stereocenters. The normalized spacial score (nSPS) is 11.3. The average molecular weight is 359 g/mol. The van der Waals surface area contributed by atoms with Gasteiger partial charge in [-0.05, 0) is 45.8 Å². The van der Waals surface area contributed by atoms with Crippen LogP contribution < -0.4 is 5.43 Å². The summed E-state index contributed by atoms with van der Waals surface area (Å²) in [4.78, 5) is 12.2. The van der Waals surface area contributed by atoms with Crippen LogP contribution in [0.2, 0.25) is 5.02 Å². The summed E-state index contributed by atoms with van der Waals surface area (Å²) in [5.74, 6) is -0.298. The Morgan fingerprint density at radius 2 is 1.50 bits per heavy atom. The summed E-state index contributed by atoms with van der Waals surface area (Å²) in [6.07, 6.45) is 1.70. The van der Waals surface area contributed by atoms with Crippen molar-refractivity contribution in [2.75, 3.05) is 0 Å². The van der Waals surface area contributed by atoms with E-state index in [1.165, 1.54) is 0 Å². The molecule has 3 nitrogen and oxygen atoms in total. The van der Waals surface area contributed by atoms with Gasteiger partial charge in [-0.3, -0.25) is 4.79 Å². The van der Waals surface area contributed by atoms with Gasteiger partial charge >= 0.3 is 0 Å². The molecule has 0 radical (unpaired) electrons. The summed E-state index contributed by atoms with van der Waals surface area (Å²) in [7, 11) is 0. The first-order valence-electron chi connectivity index (χ1n) is 8.22.